The second-order valence-corrected chi connectivity index (χ2v) is 12.8. The molecule has 1 aliphatic heterocycles. The van der Waals surface area contributed by atoms with Crippen molar-refractivity contribution in [2.75, 3.05) is 20.7 Å². The molecule has 1 atom stereocenters. The summed E-state index contributed by atoms with van der Waals surface area (Å²) in [7, 11) is 3.49. The quantitative estimate of drug-likeness (QED) is 0.0784. The first kappa shape index (κ1) is 33.5. The Hall–Kier alpha value is -5.99. The summed E-state index contributed by atoms with van der Waals surface area (Å²) in [6.45, 7) is 4.92. The van der Waals surface area contributed by atoms with Gasteiger partial charge in [-0.25, -0.2) is 4.79 Å². The van der Waals surface area contributed by atoms with Gasteiger partial charge in [0, 0.05) is 11.1 Å². The van der Waals surface area contributed by atoms with Crippen LogP contribution in [0.4, 0.5) is 0 Å². The maximum atomic E-state index is 13.1. The van der Waals surface area contributed by atoms with Crippen molar-refractivity contribution in [1.29, 1.82) is 0 Å². The van der Waals surface area contributed by atoms with Crippen LogP contribution in [-0.2, 0) is 15.1 Å². The van der Waals surface area contributed by atoms with Gasteiger partial charge in [0.1, 0.15) is 12.3 Å². The third-order valence-electron chi connectivity index (χ3n) is 9.66. The molecular weight excluding hydrogens is 633 g/mol. The van der Waals surface area contributed by atoms with Gasteiger partial charge >= 0.3 is 5.97 Å². The van der Waals surface area contributed by atoms with Crippen molar-refractivity contribution in [2.45, 2.75) is 32.2 Å². The van der Waals surface area contributed by atoms with Crippen LogP contribution in [0, 0.1) is 0 Å². The molecule has 8 nitrogen and oxygen atoms in total. The van der Waals surface area contributed by atoms with E-state index in [2.05, 4.69) is 80.7 Å². The molecule has 0 amide bonds. The van der Waals surface area contributed by atoms with Gasteiger partial charge in [-0.05, 0) is 58.0 Å². The average Bonchev–Trinajstić information content (AvgIpc) is 3.79. The number of nitrogens with zero attached hydrogens (tertiary/aromatic N) is 6. The second-order valence-electron chi connectivity index (χ2n) is 12.8. The molecule has 8 heteroatoms. The van der Waals surface area contributed by atoms with E-state index in [9.17, 15) is 4.79 Å². The number of methoxy groups -OCH3 is 1. The zero-order valence-corrected chi connectivity index (χ0v) is 29.4. The summed E-state index contributed by atoms with van der Waals surface area (Å²) < 4.78 is 5.55. The predicted molar refractivity (Wildman–Crippen MR) is 201 cm³/mol. The van der Waals surface area contributed by atoms with Crippen molar-refractivity contribution < 1.29 is 14.1 Å². The number of carbonyl (C=O) groups is 1. The Labute approximate surface area is 298 Å². The first-order chi connectivity index (χ1) is 24.9. The minimum Gasteiger partial charge on any atom is -0.465 e. The molecular formula is C43H41N6O2+. The Kier molecular flexibility index (Phi) is 9.26. The smallest absolute Gasteiger partial charge is 0.346 e. The highest BCUT2D eigenvalue weighted by molar-refractivity contribution is 6.25. The molecule has 1 aliphatic rings. The molecule has 0 radical (unpaired) electrons. The number of rotatable bonds is 11. The van der Waals surface area contributed by atoms with Gasteiger partial charge in [-0.1, -0.05) is 146 Å². The van der Waals surface area contributed by atoms with Crippen LogP contribution in [0.3, 0.4) is 0 Å². The molecule has 6 aromatic rings. The van der Waals surface area contributed by atoms with Gasteiger partial charge in [0.2, 0.25) is 5.82 Å². The molecule has 2 heterocycles. The van der Waals surface area contributed by atoms with Crippen LogP contribution in [0.15, 0.2) is 150 Å². The topological polar surface area (TPSA) is 82.3 Å². The van der Waals surface area contributed by atoms with Gasteiger partial charge in [-0.3, -0.25) is 0 Å². The fourth-order valence-corrected chi connectivity index (χ4v) is 7.41. The summed E-state index contributed by atoms with van der Waals surface area (Å²) in [6.07, 6.45) is 1.55. The molecule has 0 bridgehead atoms. The number of carbonyl (C=O) groups excluding carboxylic acids is 1. The van der Waals surface area contributed by atoms with Crippen molar-refractivity contribution in [1.82, 2.24) is 20.2 Å². The highest BCUT2D eigenvalue weighted by atomic mass is 16.5. The largest absolute Gasteiger partial charge is 0.465 e. The highest BCUT2D eigenvalue weighted by Gasteiger charge is 2.44. The van der Waals surface area contributed by atoms with Gasteiger partial charge in [-0.15, -0.1) is 15.0 Å². The van der Waals surface area contributed by atoms with Gasteiger partial charge in [0.05, 0.1) is 14.2 Å². The van der Waals surface area contributed by atoms with Crippen molar-refractivity contribution in [3.8, 4) is 22.5 Å². The molecule has 51 heavy (non-hydrogen) atoms. The Morgan fingerprint density at radius 2 is 1.22 bits per heavy atom. The monoisotopic (exact) mass is 673 g/mol. The van der Waals surface area contributed by atoms with Crippen molar-refractivity contribution >= 4 is 17.4 Å². The molecule has 5 aromatic carbocycles. The molecule has 0 N–H and O–H groups in total. The van der Waals surface area contributed by atoms with Crippen molar-refractivity contribution in [3.05, 3.63) is 167 Å². The van der Waals surface area contributed by atoms with Crippen LogP contribution < -0.4 is 0 Å². The fraction of sp³-hybridized carbons (Fsp3) is 0.186. The summed E-state index contributed by atoms with van der Waals surface area (Å²) in [4.78, 5) is 14.9. The molecule has 0 saturated heterocycles. The Balaban J connectivity index is 1.34. The molecule has 254 valence electrons. The first-order valence-electron chi connectivity index (χ1n) is 17.4. The zero-order chi connectivity index (χ0) is 35.4. The van der Waals surface area contributed by atoms with E-state index in [1.165, 1.54) is 7.11 Å². The van der Waals surface area contributed by atoms with E-state index < -0.39 is 5.54 Å². The minimum atomic E-state index is -0.874. The van der Waals surface area contributed by atoms with E-state index in [4.69, 9.17) is 25.2 Å². The van der Waals surface area contributed by atoms with Gasteiger partial charge in [0.25, 0.3) is 0 Å². The molecule has 0 spiro atoms. The number of tetrazole rings is 1. The number of esters is 1. The molecule has 1 aromatic heterocycles. The maximum Gasteiger partial charge on any atom is 0.346 e. The lowest BCUT2D eigenvalue weighted by molar-refractivity contribution is -0.844. The molecule has 0 fully saturated rings. The predicted octanol–water partition coefficient (Wildman–Crippen LogP) is 8.37. The number of hydrogen-bond acceptors (Lipinski definition) is 6. The molecule has 1 unspecified atom stereocenters. The summed E-state index contributed by atoms with van der Waals surface area (Å²) in [5, 5.41) is 19.7. The lowest BCUT2D eigenvalue weighted by Gasteiger charge is -2.34. The molecule has 0 aliphatic carbocycles. The third kappa shape index (κ3) is 5.87. The number of aromatic nitrogens is 4. The van der Waals surface area contributed by atoms with Crippen LogP contribution in [0.5, 0.6) is 0 Å². The highest BCUT2D eigenvalue weighted by Crippen LogP contribution is 2.41. The van der Waals surface area contributed by atoms with Crippen molar-refractivity contribution in [3.63, 3.8) is 0 Å². The van der Waals surface area contributed by atoms with Crippen LogP contribution in [0.2, 0.25) is 0 Å². The molecule has 0 saturated carbocycles. The molecule has 7 rings (SSSR count). The Morgan fingerprint density at radius 1 is 0.706 bits per heavy atom. The Bertz CT molecular complexity index is 2110. The van der Waals surface area contributed by atoms with E-state index in [1.54, 1.807) is 4.80 Å². The standard InChI is InChI=1S/C43H41N6O2/c1-5-30-49(3)40(39(42(50)51-4)38(6-2)46-49)32-28-26-31(27-29-32)36-24-16-17-25-37(36)41-44-47-48(45-41)43(33-18-10-7-11-19-33,34-20-12-8-13-21-34)35-22-14-9-15-23-35/h7-29H,5-6,30H2,1-4H3/q+1. The SMILES string of the molecule is CCC[N+]1(C)N=C(CC)C(C(=O)OC)=C1c1ccc(-c2ccccc2-c2nnn(C(c3ccccc3)(c3ccccc3)c3ccccc3)n2)cc1. The Morgan fingerprint density at radius 3 is 1.73 bits per heavy atom. The number of quaternary nitrogens is 1. The summed E-state index contributed by atoms with van der Waals surface area (Å²) in [5.74, 6) is 0.159. The number of ether oxygens (including phenoxy) is 1. The number of benzene rings is 5. The van der Waals surface area contributed by atoms with E-state index in [-0.39, 0.29) is 5.97 Å². The zero-order valence-electron chi connectivity index (χ0n) is 29.4. The minimum absolute atomic E-state index is 0.305. The fourth-order valence-electron chi connectivity index (χ4n) is 7.41. The van der Waals surface area contributed by atoms with Crippen molar-refractivity contribution in [2.24, 2.45) is 5.10 Å². The van der Waals surface area contributed by atoms with Crippen LogP contribution >= 0.6 is 0 Å². The van der Waals surface area contributed by atoms with Gasteiger partial charge < -0.3 is 4.74 Å². The third-order valence-corrected chi connectivity index (χ3v) is 9.66. The summed E-state index contributed by atoms with van der Waals surface area (Å²) in [6, 6.07) is 47.4. The maximum absolute atomic E-state index is 13.1. The van der Waals surface area contributed by atoms with E-state index in [0.717, 1.165) is 63.3 Å². The summed E-state index contributed by atoms with van der Waals surface area (Å²) >= 11 is 0. The van der Waals surface area contributed by atoms with Crippen LogP contribution in [0.25, 0.3) is 28.2 Å². The van der Waals surface area contributed by atoms with E-state index in [1.807, 2.05) is 79.7 Å². The van der Waals surface area contributed by atoms with E-state index in [0.29, 0.717) is 22.4 Å². The normalized spacial score (nSPS) is 15.9. The lowest BCUT2D eigenvalue weighted by atomic mass is 9.77. The first-order valence-corrected chi connectivity index (χ1v) is 17.4. The average molecular weight is 674 g/mol. The number of hydrogen-bond donors (Lipinski definition) is 0. The second kappa shape index (κ2) is 14.1. The van der Waals surface area contributed by atoms with E-state index >= 15 is 0 Å². The lowest BCUT2D eigenvalue weighted by Crippen LogP contribution is -2.39. The van der Waals surface area contributed by atoms with Crippen LogP contribution in [-0.4, -0.2) is 57.2 Å². The summed E-state index contributed by atoms with van der Waals surface area (Å²) in [5.41, 5.74) is 8.14. The van der Waals surface area contributed by atoms with Gasteiger partial charge in [0.15, 0.2) is 16.8 Å². The van der Waals surface area contributed by atoms with Gasteiger partial charge in [-0.2, -0.15) is 4.59 Å². The van der Waals surface area contributed by atoms with Crippen LogP contribution in [0.1, 0.15) is 48.9 Å².